The second-order valence-electron chi connectivity index (χ2n) is 13.6. The van der Waals surface area contributed by atoms with Crippen molar-refractivity contribution in [3.8, 4) is 23.0 Å². The summed E-state index contributed by atoms with van der Waals surface area (Å²) in [5, 5.41) is 21.4. The van der Waals surface area contributed by atoms with Gasteiger partial charge in [0.2, 0.25) is 0 Å². The fraction of sp³-hybridized carbons (Fsp3) is 0.594. The Morgan fingerprint density at radius 1 is 1.09 bits per heavy atom. The second kappa shape index (κ2) is 10.1. The second-order valence-corrected chi connectivity index (χ2v) is 14.0. The van der Waals surface area contributed by atoms with Crippen LogP contribution in [0.2, 0.25) is 5.02 Å². The number of benzene rings is 1. The average Bonchev–Trinajstić information content (AvgIpc) is 3.64. The van der Waals surface area contributed by atoms with Gasteiger partial charge in [0, 0.05) is 42.8 Å². The number of rotatable bonds is 6. The van der Waals surface area contributed by atoms with Crippen molar-refractivity contribution in [1.82, 2.24) is 19.9 Å². The van der Waals surface area contributed by atoms with E-state index in [0.29, 0.717) is 41.3 Å². The first-order valence-electron chi connectivity index (χ1n) is 15.6. The van der Waals surface area contributed by atoms with E-state index >= 15 is 4.39 Å². The lowest BCUT2D eigenvalue weighted by molar-refractivity contribution is -0.0396. The number of hydrogen-bond acceptors (Lipinski definition) is 8. The number of hydrogen-bond donors (Lipinski definition) is 2. The topological polar surface area (TPSA) is 94.8 Å². The van der Waals surface area contributed by atoms with Crippen LogP contribution in [0.1, 0.15) is 69.3 Å². The minimum absolute atomic E-state index is 0.0165. The maximum atomic E-state index is 16.7. The van der Waals surface area contributed by atoms with Gasteiger partial charge >= 0.3 is 6.01 Å². The molecule has 1 aromatic carbocycles. The summed E-state index contributed by atoms with van der Waals surface area (Å²) in [6, 6.07) is 3.07. The van der Waals surface area contributed by atoms with Gasteiger partial charge in [0.15, 0.2) is 5.82 Å². The number of phenols is 1. The summed E-state index contributed by atoms with van der Waals surface area (Å²) in [5.74, 6) is 0.0834. The number of alkyl halides is 1. The van der Waals surface area contributed by atoms with Crippen molar-refractivity contribution < 1.29 is 23.7 Å². The minimum Gasteiger partial charge on any atom is -0.508 e. The molecule has 0 unspecified atom stereocenters. The van der Waals surface area contributed by atoms with Gasteiger partial charge in [-0.2, -0.15) is 9.97 Å². The summed E-state index contributed by atoms with van der Waals surface area (Å²) in [4.78, 5) is 18.3. The number of pyridine rings is 1. The van der Waals surface area contributed by atoms with E-state index in [2.05, 4.69) is 19.8 Å². The number of aliphatic hydroxyl groups excluding tert-OH is 1. The molecular weight excluding hydrogens is 576 g/mol. The zero-order chi connectivity index (χ0) is 29.5. The Labute approximate surface area is 254 Å². The molecule has 3 aliphatic heterocycles. The number of nitrogens with zero attached hydrogens (tertiary/aromatic N) is 5. The first-order chi connectivity index (χ1) is 20.7. The lowest BCUT2D eigenvalue weighted by atomic mass is 9.62. The van der Waals surface area contributed by atoms with Crippen molar-refractivity contribution >= 4 is 28.3 Å². The van der Waals surface area contributed by atoms with Crippen LogP contribution in [-0.4, -0.2) is 80.7 Å². The third-order valence-corrected chi connectivity index (χ3v) is 10.8. The van der Waals surface area contributed by atoms with Gasteiger partial charge in [-0.15, -0.1) is 0 Å². The lowest BCUT2D eigenvalue weighted by Crippen LogP contribution is -2.52. The number of aliphatic hydroxyl groups is 1. The molecular formula is C32H36ClF2N5O3. The van der Waals surface area contributed by atoms with Crippen LogP contribution in [0, 0.1) is 11.2 Å². The highest BCUT2D eigenvalue weighted by molar-refractivity contribution is 6.32. The monoisotopic (exact) mass is 611 g/mol. The first-order valence-corrected chi connectivity index (χ1v) is 15.9. The molecule has 11 heteroatoms. The van der Waals surface area contributed by atoms with Crippen LogP contribution >= 0.6 is 11.6 Å². The molecule has 5 aliphatic rings. The van der Waals surface area contributed by atoms with Crippen LogP contribution in [0.5, 0.6) is 11.8 Å². The number of aromatic hydroxyl groups is 1. The fourth-order valence-electron chi connectivity index (χ4n) is 8.41. The Bertz CT molecular complexity index is 1590. The molecule has 3 aromatic rings. The van der Waals surface area contributed by atoms with Crippen molar-refractivity contribution in [3.63, 3.8) is 0 Å². The number of phenolic OH excluding ortho intramolecular Hbond substituents is 1. The van der Waals surface area contributed by atoms with Crippen molar-refractivity contribution in [2.24, 2.45) is 5.41 Å². The summed E-state index contributed by atoms with van der Waals surface area (Å²) in [7, 11) is 0. The average molecular weight is 612 g/mol. The van der Waals surface area contributed by atoms with Crippen molar-refractivity contribution in [2.75, 3.05) is 37.7 Å². The van der Waals surface area contributed by atoms with Crippen molar-refractivity contribution in [3.05, 3.63) is 34.7 Å². The molecule has 3 saturated heterocycles. The SMILES string of the molecule is Oc1cc(Cl)c(C2CC2)c(-c2ncc3c(N4CCCC5(CC(O)C5)C4)nc(OC[C@@]45CCCN4C[C@H](F)C5)nc3c2F)c1. The quantitative estimate of drug-likeness (QED) is 0.363. The van der Waals surface area contributed by atoms with E-state index in [-0.39, 0.29) is 47.0 Å². The third-order valence-electron chi connectivity index (χ3n) is 10.5. The van der Waals surface area contributed by atoms with Gasteiger partial charge in [0.1, 0.15) is 35.6 Å². The number of ether oxygens (including phenoxy) is 1. The standard InChI is InChI=1S/C32H36ClF2N5O3/c33-24-10-20(41)9-22(25(24)18-3-4-18)27-26(35)28-23(14-36-27)29(39-7-1-5-31(16-39)12-21(42)13-31)38-30(37-28)43-17-32-6-2-8-40(32)15-19(34)11-32/h9-10,14,18-19,21,41-42H,1-8,11-13,15-17H2/t19-,21?,31?,32+/m1/s1. The van der Waals surface area contributed by atoms with E-state index in [0.717, 1.165) is 70.0 Å². The van der Waals surface area contributed by atoms with E-state index in [1.165, 1.54) is 12.1 Å². The highest BCUT2D eigenvalue weighted by Gasteiger charge is 2.50. The summed E-state index contributed by atoms with van der Waals surface area (Å²) in [5.41, 5.74) is 1.05. The predicted octanol–water partition coefficient (Wildman–Crippen LogP) is 5.76. The number of fused-ring (bicyclic) bond motifs is 2. The Kier molecular flexibility index (Phi) is 6.51. The smallest absolute Gasteiger partial charge is 0.319 e. The summed E-state index contributed by atoms with van der Waals surface area (Å²) in [6.45, 7) is 2.93. The van der Waals surface area contributed by atoms with E-state index < -0.39 is 17.5 Å². The highest BCUT2D eigenvalue weighted by Crippen LogP contribution is 2.51. The zero-order valence-electron chi connectivity index (χ0n) is 24.0. The Morgan fingerprint density at radius 2 is 1.91 bits per heavy atom. The van der Waals surface area contributed by atoms with Crippen molar-refractivity contribution in [2.45, 2.75) is 81.5 Å². The molecule has 228 valence electrons. The molecule has 8 rings (SSSR count). The Hall–Kier alpha value is -2.82. The molecule has 2 atom stereocenters. The van der Waals surface area contributed by atoms with Gasteiger partial charge in [0.05, 0.1) is 17.0 Å². The van der Waals surface area contributed by atoms with Crippen LogP contribution in [0.25, 0.3) is 22.2 Å². The van der Waals surface area contributed by atoms with Crippen LogP contribution in [0.15, 0.2) is 18.3 Å². The van der Waals surface area contributed by atoms with Gasteiger partial charge < -0.3 is 19.8 Å². The summed E-state index contributed by atoms with van der Waals surface area (Å²) in [6.07, 6.45) is 8.04. The van der Waals surface area contributed by atoms with Gasteiger partial charge in [-0.05, 0) is 86.9 Å². The third kappa shape index (κ3) is 4.71. The largest absolute Gasteiger partial charge is 0.508 e. The molecule has 1 spiro atoms. The van der Waals surface area contributed by atoms with E-state index in [1.54, 1.807) is 6.20 Å². The van der Waals surface area contributed by atoms with E-state index in [9.17, 15) is 14.6 Å². The number of anilines is 1. The molecule has 2 aliphatic carbocycles. The molecule has 5 heterocycles. The zero-order valence-corrected chi connectivity index (χ0v) is 24.8. The fourth-order valence-corrected chi connectivity index (χ4v) is 8.78. The number of aromatic nitrogens is 3. The molecule has 0 radical (unpaired) electrons. The molecule has 8 nitrogen and oxygen atoms in total. The summed E-state index contributed by atoms with van der Waals surface area (Å²) >= 11 is 6.54. The molecule has 5 fully saturated rings. The molecule has 43 heavy (non-hydrogen) atoms. The van der Waals surface area contributed by atoms with E-state index in [4.69, 9.17) is 21.3 Å². The number of halogens is 3. The van der Waals surface area contributed by atoms with Crippen LogP contribution in [-0.2, 0) is 0 Å². The maximum absolute atomic E-state index is 16.7. The van der Waals surface area contributed by atoms with Crippen LogP contribution in [0.4, 0.5) is 14.6 Å². The molecule has 2 N–H and O–H groups in total. The lowest BCUT2D eigenvalue weighted by Gasteiger charge is -2.51. The van der Waals surface area contributed by atoms with Gasteiger partial charge in [-0.1, -0.05) is 11.6 Å². The normalized spacial score (nSPS) is 30.7. The first kappa shape index (κ1) is 27.7. The Morgan fingerprint density at radius 3 is 2.70 bits per heavy atom. The van der Waals surface area contributed by atoms with Crippen LogP contribution < -0.4 is 9.64 Å². The van der Waals surface area contributed by atoms with E-state index in [1.807, 2.05) is 0 Å². The highest BCUT2D eigenvalue weighted by atomic mass is 35.5. The van der Waals surface area contributed by atoms with Gasteiger partial charge in [0.25, 0.3) is 0 Å². The number of piperidine rings is 1. The Balaban J connectivity index is 1.22. The molecule has 2 saturated carbocycles. The maximum Gasteiger partial charge on any atom is 0.319 e. The van der Waals surface area contributed by atoms with Crippen LogP contribution in [0.3, 0.4) is 0 Å². The van der Waals surface area contributed by atoms with Gasteiger partial charge in [-0.3, -0.25) is 9.88 Å². The minimum atomic E-state index is -0.889. The van der Waals surface area contributed by atoms with Gasteiger partial charge in [-0.25, -0.2) is 8.78 Å². The predicted molar refractivity (Wildman–Crippen MR) is 159 cm³/mol. The van der Waals surface area contributed by atoms with Crippen molar-refractivity contribution in [1.29, 1.82) is 0 Å². The molecule has 0 amide bonds. The molecule has 0 bridgehead atoms. The molecule has 2 aromatic heterocycles. The summed E-state index contributed by atoms with van der Waals surface area (Å²) < 4.78 is 37.4.